The van der Waals surface area contributed by atoms with Gasteiger partial charge in [0.25, 0.3) is 0 Å². The summed E-state index contributed by atoms with van der Waals surface area (Å²) in [6.07, 6.45) is 3.91. The first-order valence-corrected chi connectivity index (χ1v) is 10.2. The number of benzene rings is 2. The molecule has 0 radical (unpaired) electrons. The van der Waals surface area contributed by atoms with Crippen LogP contribution in [0, 0.1) is 0 Å². The molecule has 0 bridgehead atoms. The minimum atomic E-state index is -0.134. The minimum Gasteiger partial charge on any atom is -0.496 e. The second-order valence-corrected chi connectivity index (χ2v) is 7.43. The first-order valence-electron chi connectivity index (χ1n) is 10.2. The summed E-state index contributed by atoms with van der Waals surface area (Å²) in [6.45, 7) is 0.533. The summed E-state index contributed by atoms with van der Waals surface area (Å²) in [5.41, 5.74) is 4.25. The highest BCUT2D eigenvalue weighted by Gasteiger charge is 2.33. The number of hydrogen-bond acceptors (Lipinski definition) is 4. The molecule has 1 fully saturated rings. The van der Waals surface area contributed by atoms with Gasteiger partial charge in [0.1, 0.15) is 5.75 Å². The Morgan fingerprint density at radius 2 is 1.80 bits per heavy atom. The molecule has 0 spiro atoms. The molecule has 154 valence electrons. The summed E-state index contributed by atoms with van der Waals surface area (Å²) in [7, 11) is 3.24. The van der Waals surface area contributed by atoms with E-state index in [1.54, 1.807) is 20.4 Å². The van der Waals surface area contributed by atoms with Crippen molar-refractivity contribution in [3.05, 3.63) is 78.0 Å². The Labute approximate surface area is 177 Å². The lowest BCUT2D eigenvalue weighted by Gasteiger charge is -2.37. The monoisotopic (exact) mass is 402 g/mol. The molecule has 0 N–H and O–H groups in total. The van der Waals surface area contributed by atoms with Crippen LogP contribution in [0.2, 0.25) is 0 Å². The van der Waals surface area contributed by atoms with Gasteiger partial charge < -0.3 is 14.4 Å². The van der Waals surface area contributed by atoms with Gasteiger partial charge in [-0.25, -0.2) is 4.98 Å². The number of piperidine rings is 1. The third kappa shape index (κ3) is 4.01. The molecule has 5 nitrogen and oxygen atoms in total. The van der Waals surface area contributed by atoms with Gasteiger partial charge in [0.2, 0.25) is 11.8 Å². The van der Waals surface area contributed by atoms with E-state index >= 15 is 0 Å². The summed E-state index contributed by atoms with van der Waals surface area (Å²) >= 11 is 0. The lowest BCUT2D eigenvalue weighted by atomic mass is 9.93. The maximum Gasteiger partial charge on any atom is 0.223 e. The second kappa shape index (κ2) is 8.99. The van der Waals surface area contributed by atoms with Crippen LogP contribution in [-0.4, -0.2) is 30.0 Å². The number of likely N-dealkylation sites (tertiary alicyclic amines) is 1. The zero-order chi connectivity index (χ0) is 20.9. The Bertz CT molecular complexity index is 998. The SMILES string of the molecule is COc1ccnc(OC)c1C1CCCC(=O)N1Cc1cccc(-c2ccccc2)c1. The number of nitrogens with zero attached hydrogens (tertiary/aromatic N) is 2. The van der Waals surface area contributed by atoms with E-state index in [1.807, 2.05) is 35.2 Å². The van der Waals surface area contributed by atoms with E-state index in [4.69, 9.17) is 9.47 Å². The van der Waals surface area contributed by atoms with E-state index in [2.05, 4.69) is 35.3 Å². The van der Waals surface area contributed by atoms with Gasteiger partial charge in [-0.05, 0) is 41.7 Å². The van der Waals surface area contributed by atoms with Crippen LogP contribution in [-0.2, 0) is 11.3 Å². The fourth-order valence-corrected chi connectivity index (χ4v) is 4.18. The largest absolute Gasteiger partial charge is 0.496 e. The Balaban J connectivity index is 1.68. The molecule has 1 saturated heterocycles. The Kier molecular flexibility index (Phi) is 5.98. The Morgan fingerprint density at radius 1 is 1.00 bits per heavy atom. The van der Waals surface area contributed by atoms with Crippen LogP contribution in [0.3, 0.4) is 0 Å². The van der Waals surface area contributed by atoms with Gasteiger partial charge in [-0.3, -0.25) is 4.79 Å². The van der Waals surface area contributed by atoms with Crippen molar-refractivity contribution in [3.63, 3.8) is 0 Å². The van der Waals surface area contributed by atoms with Crippen LogP contribution in [0.1, 0.15) is 36.4 Å². The number of aromatic nitrogens is 1. The smallest absolute Gasteiger partial charge is 0.223 e. The predicted octanol–water partition coefficient (Wildman–Crippen LogP) is 5.02. The van der Waals surface area contributed by atoms with Gasteiger partial charge in [0.05, 0.1) is 25.8 Å². The van der Waals surface area contributed by atoms with Crippen molar-refractivity contribution in [1.82, 2.24) is 9.88 Å². The maximum absolute atomic E-state index is 13.0. The number of carbonyl (C=O) groups is 1. The zero-order valence-electron chi connectivity index (χ0n) is 17.4. The van der Waals surface area contributed by atoms with Crippen LogP contribution >= 0.6 is 0 Å². The number of amides is 1. The minimum absolute atomic E-state index is 0.134. The van der Waals surface area contributed by atoms with Gasteiger partial charge in [0, 0.05) is 19.2 Å². The third-order valence-electron chi connectivity index (χ3n) is 5.61. The molecule has 1 unspecified atom stereocenters. The van der Waals surface area contributed by atoms with Crippen molar-refractivity contribution in [2.75, 3.05) is 14.2 Å². The average Bonchev–Trinajstić information content (AvgIpc) is 2.80. The molecule has 0 aliphatic carbocycles. The van der Waals surface area contributed by atoms with E-state index in [9.17, 15) is 4.79 Å². The maximum atomic E-state index is 13.0. The molecule has 4 rings (SSSR count). The van der Waals surface area contributed by atoms with Crippen LogP contribution in [0.15, 0.2) is 66.9 Å². The van der Waals surface area contributed by atoms with Gasteiger partial charge in [-0.15, -0.1) is 0 Å². The molecule has 1 aliphatic rings. The number of hydrogen-bond donors (Lipinski definition) is 0. The van der Waals surface area contributed by atoms with Crippen molar-refractivity contribution in [1.29, 1.82) is 0 Å². The molecule has 1 amide bonds. The molecular weight excluding hydrogens is 376 g/mol. The first kappa shape index (κ1) is 20.0. The molecule has 3 aromatic rings. The van der Waals surface area contributed by atoms with E-state index in [-0.39, 0.29) is 11.9 Å². The average molecular weight is 402 g/mol. The summed E-state index contributed by atoms with van der Waals surface area (Å²) in [6, 6.07) is 20.3. The molecule has 2 aromatic carbocycles. The van der Waals surface area contributed by atoms with Gasteiger partial charge >= 0.3 is 0 Å². The summed E-state index contributed by atoms with van der Waals surface area (Å²) < 4.78 is 11.1. The molecule has 0 saturated carbocycles. The molecule has 5 heteroatoms. The highest BCUT2D eigenvalue weighted by Crippen LogP contribution is 2.41. The lowest BCUT2D eigenvalue weighted by Crippen LogP contribution is -2.38. The fourth-order valence-electron chi connectivity index (χ4n) is 4.18. The van der Waals surface area contributed by atoms with Gasteiger partial charge in [-0.2, -0.15) is 0 Å². The molecule has 1 aliphatic heterocycles. The predicted molar refractivity (Wildman–Crippen MR) is 116 cm³/mol. The Hall–Kier alpha value is -3.34. The van der Waals surface area contributed by atoms with E-state index in [0.717, 1.165) is 35.1 Å². The molecule has 1 atom stereocenters. The summed E-state index contributed by atoms with van der Waals surface area (Å²) in [5.74, 6) is 1.35. The highest BCUT2D eigenvalue weighted by molar-refractivity contribution is 5.78. The number of ether oxygens (including phenoxy) is 2. The van der Waals surface area contributed by atoms with Gasteiger partial charge in [0.15, 0.2) is 0 Å². The van der Waals surface area contributed by atoms with Crippen molar-refractivity contribution < 1.29 is 14.3 Å². The second-order valence-electron chi connectivity index (χ2n) is 7.43. The van der Waals surface area contributed by atoms with Crippen LogP contribution in [0.25, 0.3) is 11.1 Å². The van der Waals surface area contributed by atoms with Crippen molar-refractivity contribution in [3.8, 4) is 22.8 Å². The highest BCUT2D eigenvalue weighted by atomic mass is 16.5. The quantitative estimate of drug-likeness (QED) is 0.581. The summed E-state index contributed by atoms with van der Waals surface area (Å²) in [4.78, 5) is 19.3. The molecule has 30 heavy (non-hydrogen) atoms. The van der Waals surface area contributed by atoms with E-state index in [1.165, 1.54) is 0 Å². The van der Waals surface area contributed by atoms with Gasteiger partial charge in [-0.1, -0.05) is 48.5 Å². The zero-order valence-corrected chi connectivity index (χ0v) is 17.4. The Morgan fingerprint density at radius 3 is 2.57 bits per heavy atom. The fraction of sp³-hybridized carbons (Fsp3) is 0.280. The van der Waals surface area contributed by atoms with Crippen LogP contribution < -0.4 is 9.47 Å². The van der Waals surface area contributed by atoms with Crippen LogP contribution in [0.5, 0.6) is 11.6 Å². The number of pyridine rings is 1. The first-order chi connectivity index (χ1) is 14.7. The molecular formula is C25H26N2O3. The molecule has 1 aromatic heterocycles. The lowest BCUT2D eigenvalue weighted by molar-refractivity contribution is -0.137. The topological polar surface area (TPSA) is 51.7 Å². The number of rotatable bonds is 6. The van der Waals surface area contributed by atoms with E-state index < -0.39 is 0 Å². The normalized spacial score (nSPS) is 16.4. The van der Waals surface area contributed by atoms with Crippen molar-refractivity contribution in [2.45, 2.75) is 31.8 Å². The van der Waals surface area contributed by atoms with Crippen molar-refractivity contribution >= 4 is 5.91 Å². The van der Waals surface area contributed by atoms with Crippen molar-refractivity contribution in [2.24, 2.45) is 0 Å². The van der Waals surface area contributed by atoms with E-state index in [0.29, 0.717) is 24.6 Å². The summed E-state index contributed by atoms with van der Waals surface area (Å²) in [5, 5.41) is 0. The molecule has 2 heterocycles. The number of methoxy groups -OCH3 is 2. The van der Waals surface area contributed by atoms with Crippen LogP contribution in [0.4, 0.5) is 0 Å². The third-order valence-corrected chi connectivity index (χ3v) is 5.61. The number of carbonyl (C=O) groups excluding carboxylic acids is 1. The standard InChI is InChI=1S/C25H26N2O3/c1-29-22-14-15-26-25(30-2)24(22)21-12-7-13-23(28)27(21)17-18-8-6-11-20(16-18)19-9-4-3-5-10-19/h3-6,8-11,14-16,21H,7,12-13,17H2,1-2H3.